The van der Waals surface area contributed by atoms with E-state index < -0.39 is 19.7 Å². The number of rotatable bonds is 8. The first kappa shape index (κ1) is 26.4. The minimum absolute atomic E-state index is 0.214. The summed E-state index contributed by atoms with van der Waals surface area (Å²) >= 11 is 0. The van der Waals surface area contributed by atoms with Crippen LogP contribution in [-0.4, -0.2) is 47.1 Å². The van der Waals surface area contributed by atoms with E-state index in [1.54, 1.807) is 37.4 Å². The molecule has 2 heterocycles. The van der Waals surface area contributed by atoms with Gasteiger partial charge in [-0.25, -0.2) is 9.78 Å². The minimum atomic E-state index is -1.29. The Morgan fingerprint density at radius 3 is 2.62 bits per heavy atom. The predicted octanol–water partition coefficient (Wildman–Crippen LogP) is 5.24. The SMILES string of the molecule is COc1cc(C)c2c(ccn2C(=O)O)c1C(C)(N)c1nc2ccc(C#N)cc2n1COCC[Si](C)(C)C. The van der Waals surface area contributed by atoms with Crippen LogP contribution in [0.4, 0.5) is 4.79 Å². The summed E-state index contributed by atoms with van der Waals surface area (Å²) in [4.78, 5) is 16.8. The molecular weight excluding hydrogens is 486 g/mol. The molecular formula is C27H33N5O4Si. The Hall–Kier alpha value is -3.65. The van der Waals surface area contributed by atoms with Crippen molar-refractivity contribution in [1.82, 2.24) is 14.1 Å². The molecule has 2 aromatic heterocycles. The Morgan fingerprint density at radius 1 is 1.27 bits per heavy atom. The second kappa shape index (κ2) is 9.66. The van der Waals surface area contributed by atoms with Gasteiger partial charge in [0.2, 0.25) is 0 Å². The van der Waals surface area contributed by atoms with Gasteiger partial charge in [0.15, 0.2) is 0 Å². The fourth-order valence-corrected chi connectivity index (χ4v) is 5.48. The van der Waals surface area contributed by atoms with Crippen molar-refractivity contribution in [3.63, 3.8) is 0 Å². The number of fused-ring (bicyclic) bond motifs is 2. The first-order valence-corrected chi connectivity index (χ1v) is 15.8. The molecule has 0 saturated heterocycles. The van der Waals surface area contributed by atoms with Gasteiger partial charge in [0.1, 0.15) is 23.8 Å². The number of nitrogens with zero attached hydrogens (tertiary/aromatic N) is 4. The summed E-state index contributed by atoms with van der Waals surface area (Å²) in [6.45, 7) is 11.4. The highest BCUT2D eigenvalue weighted by Crippen LogP contribution is 2.41. The van der Waals surface area contributed by atoms with Crippen molar-refractivity contribution < 1.29 is 19.4 Å². The van der Waals surface area contributed by atoms with Crippen LogP contribution in [0.3, 0.4) is 0 Å². The van der Waals surface area contributed by atoms with E-state index in [9.17, 15) is 15.2 Å². The maximum absolute atomic E-state index is 11.9. The minimum Gasteiger partial charge on any atom is -0.496 e. The summed E-state index contributed by atoms with van der Waals surface area (Å²) in [7, 11) is 0.275. The van der Waals surface area contributed by atoms with Gasteiger partial charge in [0.25, 0.3) is 0 Å². The molecule has 0 aliphatic heterocycles. The second-order valence-electron chi connectivity index (χ2n) is 10.7. The van der Waals surface area contributed by atoms with Crippen molar-refractivity contribution in [3.05, 3.63) is 59.0 Å². The van der Waals surface area contributed by atoms with Crippen LogP contribution in [-0.2, 0) is 17.0 Å². The van der Waals surface area contributed by atoms with Crippen LogP contribution in [0.15, 0.2) is 36.5 Å². The number of benzene rings is 2. The fourth-order valence-electron chi connectivity index (χ4n) is 4.73. The Balaban J connectivity index is 1.93. The van der Waals surface area contributed by atoms with Gasteiger partial charge >= 0.3 is 6.09 Å². The lowest BCUT2D eigenvalue weighted by Crippen LogP contribution is -2.38. The summed E-state index contributed by atoms with van der Waals surface area (Å²) in [6, 6.07) is 12.0. The average Bonchev–Trinajstić information content (AvgIpc) is 3.43. The number of ether oxygens (including phenoxy) is 2. The Kier molecular flexibility index (Phi) is 6.90. The van der Waals surface area contributed by atoms with Gasteiger partial charge in [-0.15, -0.1) is 0 Å². The van der Waals surface area contributed by atoms with Gasteiger partial charge in [-0.05, 0) is 55.8 Å². The molecule has 10 heteroatoms. The van der Waals surface area contributed by atoms with E-state index >= 15 is 0 Å². The highest BCUT2D eigenvalue weighted by Gasteiger charge is 2.36. The normalized spacial score (nSPS) is 13.6. The van der Waals surface area contributed by atoms with Crippen LogP contribution >= 0.6 is 0 Å². The molecule has 1 unspecified atom stereocenters. The molecule has 0 aliphatic carbocycles. The predicted molar refractivity (Wildman–Crippen MR) is 146 cm³/mol. The third kappa shape index (κ3) is 4.85. The Morgan fingerprint density at radius 2 is 2.00 bits per heavy atom. The number of methoxy groups -OCH3 is 1. The third-order valence-corrected chi connectivity index (χ3v) is 8.33. The van der Waals surface area contributed by atoms with Crippen LogP contribution < -0.4 is 10.5 Å². The lowest BCUT2D eigenvalue weighted by molar-refractivity contribution is 0.0860. The van der Waals surface area contributed by atoms with Crippen molar-refractivity contribution in [2.45, 2.75) is 51.8 Å². The molecule has 0 saturated carbocycles. The number of hydrogen-bond donors (Lipinski definition) is 2. The topological polar surface area (TPSA) is 128 Å². The van der Waals surface area contributed by atoms with Crippen LogP contribution in [0.1, 0.15) is 29.4 Å². The summed E-state index contributed by atoms with van der Waals surface area (Å²) < 4.78 is 15.0. The standard InChI is InChI=1S/C27H33N5O4Si/c1-17-13-22(35-3)23(19-9-10-31(24(17)19)26(33)34)27(2,29)25-30-20-8-7-18(15-28)14-21(20)32(25)16-36-11-12-37(4,5)6/h7-10,13-14H,11-12,16,29H2,1-6H3,(H,33,34). The fraction of sp³-hybridized carbons (Fsp3) is 0.370. The first-order valence-electron chi connectivity index (χ1n) is 12.1. The zero-order valence-electron chi connectivity index (χ0n) is 22.1. The summed E-state index contributed by atoms with van der Waals surface area (Å²) in [6.07, 6.45) is 0.431. The number of nitriles is 1. The third-order valence-electron chi connectivity index (χ3n) is 6.63. The average molecular weight is 520 g/mol. The van der Waals surface area contributed by atoms with Gasteiger partial charge in [-0.2, -0.15) is 5.26 Å². The zero-order valence-corrected chi connectivity index (χ0v) is 23.1. The Bertz CT molecular complexity index is 1540. The Labute approximate surface area is 217 Å². The molecule has 0 fully saturated rings. The van der Waals surface area contributed by atoms with Crippen molar-refractivity contribution in [3.8, 4) is 11.8 Å². The van der Waals surface area contributed by atoms with E-state index in [0.29, 0.717) is 45.7 Å². The van der Waals surface area contributed by atoms with Crippen LogP contribution in [0.2, 0.25) is 25.7 Å². The number of imidazole rings is 1. The highest BCUT2D eigenvalue weighted by molar-refractivity contribution is 6.76. The molecule has 2 aromatic carbocycles. The number of aromatic nitrogens is 3. The van der Waals surface area contributed by atoms with Crippen LogP contribution in [0.5, 0.6) is 5.75 Å². The summed E-state index contributed by atoms with van der Waals surface area (Å²) in [5, 5.41) is 19.9. The van der Waals surface area contributed by atoms with E-state index in [-0.39, 0.29) is 6.73 Å². The van der Waals surface area contributed by atoms with E-state index in [1.165, 1.54) is 10.8 Å². The zero-order chi connectivity index (χ0) is 27.1. The van der Waals surface area contributed by atoms with Gasteiger partial charge in [0.05, 0.1) is 35.3 Å². The molecule has 3 N–H and O–H groups in total. The molecule has 0 bridgehead atoms. The monoisotopic (exact) mass is 519 g/mol. The quantitative estimate of drug-likeness (QED) is 0.241. The maximum Gasteiger partial charge on any atom is 0.416 e. The largest absolute Gasteiger partial charge is 0.496 e. The first-order chi connectivity index (χ1) is 17.4. The van der Waals surface area contributed by atoms with E-state index in [1.807, 2.05) is 18.4 Å². The molecule has 37 heavy (non-hydrogen) atoms. The number of carbonyl (C=O) groups is 1. The van der Waals surface area contributed by atoms with Gasteiger partial charge in [0, 0.05) is 31.8 Å². The summed E-state index contributed by atoms with van der Waals surface area (Å²) in [5.41, 5.74) is 9.76. The summed E-state index contributed by atoms with van der Waals surface area (Å²) in [5.74, 6) is 1.06. The van der Waals surface area contributed by atoms with Crippen molar-refractivity contribution in [1.29, 1.82) is 5.26 Å². The van der Waals surface area contributed by atoms with E-state index in [4.69, 9.17) is 20.2 Å². The van der Waals surface area contributed by atoms with Gasteiger partial charge in [-0.3, -0.25) is 4.57 Å². The lowest BCUT2D eigenvalue weighted by atomic mass is 9.87. The smallest absolute Gasteiger partial charge is 0.416 e. The molecule has 0 radical (unpaired) electrons. The maximum atomic E-state index is 11.9. The molecule has 0 aliphatic rings. The number of nitrogens with two attached hydrogens (primary N) is 1. The highest BCUT2D eigenvalue weighted by atomic mass is 28.3. The van der Waals surface area contributed by atoms with Gasteiger partial charge < -0.3 is 24.9 Å². The molecule has 4 aromatic rings. The molecule has 0 amide bonds. The number of aryl methyl sites for hydroxylation is 1. The molecule has 4 rings (SSSR count). The lowest BCUT2D eigenvalue weighted by Gasteiger charge is -2.29. The molecule has 9 nitrogen and oxygen atoms in total. The van der Waals surface area contributed by atoms with Gasteiger partial charge in [-0.1, -0.05) is 19.6 Å². The van der Waals surface area contributed by atoms with Crippen LogP contribution in [0, 0.1) is 18.3 Å². The second-order valence-corrected chi connectivity index (χ2v) is 16.4. The number of carboxylic acid groups (broad SMARTS) is 1. The van der Waals surface area contributed by atoms with Crippen molar-refractivity contribution in [2.24, 2.45) is 5.73 Å². The molecule has 0 spiro atoms. The molecule has 1 atom stereocenters. The van der Waals surface area contributed by atoms with Crippen LogP contribution in [0.25, 0.3) is 21.9 Å². The van der Waals surface area contributed by atoms with Crippen molar-refractivity contribution >= 4 is 36.1 Å². The molecule has 194 valence electrons. The van der Waals surface area contributed by atoms with E-state index in [0.717, 1.165) is 17.1 Å². The number of hydrogen-bond acceptors (Lipinski definition) is 6. The van der Waals surface area contributed by atoms with E-state index in [2.05, 4.69) is 25.7 Å². The van der Waals surface area contributed by atoms with Crippen molar-refractivity contribution in [2.75, 3.05) is 13.7 Å².